The fourth-order valence-corrected chi connectivity index (χ4v) is 11.5. The van der Waals surface area contributed by atoms with Gasteiger partial charge in [0.15, 0.2) is 24.4 Å². The third kappa shape index (κ3) is 17.3. The molecule has 6 heterocycles. The number of nitrogens with one attached hydrogen (secondary N) is 8. The van der Waals surface area contributed by atoms with Crippen LogP contribution in [0.25, 0.3) is 0 Å². The summed E-state index contributed by atoms with van der Waals surface area (Å²) in [6.07, 6.45) is -32.1. The SMILES string of the molecule is CC(c1ccccc1)C1NC(=O)CNC(=O)C(CO)NC(=O)C(C(O)C2CN=C(N)N2C2OC(CO)C(O)C(O)C2O)NC(=O)C(C(O)C2CN=C(NC(=O)C(C)(C)C)N2)NC(=O)C(Cc2ccc(OC3OC(CO)C(OC4OC(CO)C(O)C(O)C4O)C(O)C3O)cc2)NC1=O. The van der Waals surface area contributed by atoms with Gasteiger partial charge in [0.25, 0.3) is 0 Å². The van der Waals surface area contributed by atoms with Gasteiger partial charge in [-0.1, -0.05) is 70.2 Å². The molecule has 4 fully saturated rings. The molecule has 0 spiro atoms. The highest BCUT2D eigenvalue weighted by Gasteiger charge is 2.54. The van der Waals surface area contributed by atoms with Gasteiger partial charge in [-0.15, -0.1) is 0 Å². The summed E-state index contributed by atoms with van der Waals surface area (Å²) in [5.41, 5.74) is 5.94. The highest BCUT2D eigenvalue weighted by atomic mass is 16.7. The molecule has 6 aliphatic rings. The van der Waals surface area contributed by atoms with Crippen LogP contribution in [0, 0.1) is 5.41 Å². The van der Waals surface area contributed by atoms with E-state index in [1.165, 1.54) is 24.3 Å². The van der Waals surface area contributed by atoms with Crippen molar-refractivity contribution < 1.29 is 129 Å². The van der Waals surface area contributed by atoms with Crippen LogP contribution in [0.2, 0.25) is 0 Å². The Kier molecular flexibility index (Phi) is 25.2. The summed E-state index contributed by atoms with van der Waals surface area (Å²) in [7, 11) is 0. The van der Waals surface area contributed by atoms with Crippen molar-refractivity contribution in [3.63, 3.8) is 0 Å². The summed E-state index contributed by atoms with van der Waals surface area (Å²) in [5, 5.41) is 171. The van der Waals surface area contributed by atoms with Gasteiger partial charge in [0, 0.05) is 17.8 Å². The maximum absolute atomic E-state index is 15.3. The Morgan fingerprint density at radius 3 is 1.81 bits per heavy atom. The number of carbonyl (C=O) groups excluding carboxylic acids is 7. The number of aliphatic hydroxyl groups is 14. The van der Waals surface area contributed by atoms with E-state index in [0.29, 0.717) is 5.56 Å². The van der Waals surface area contributed by atoms with Crippen LogP contribution in [-0.4, -0.2) is 322 Å². The van der Waals surface area contributed by atoms with E-state index < -0.39 is 258 Å². The second-order valence-corrected chi connectivity index (χ2v) is 25.2. The molecule has 25 atom stereocenters. The Morgan fingerprint density at radius 2 is 1.19 bits per heavy atom. The molecule has 38 heteroatoms. The minimum absolute atomic E-state index is 0.0896. The van der Waals surface area contributed by atoms with Crippen molar-refractivity contribution in [2.75, 3.05) is 46.1 Å². The van der Waals surface area contributed by atoms with Crippen molar-refractivity contribution >= 4 is 53.3 Å². The normalized spacial score (nSPS) is 36.1. The second kappa shape index (κ2) is 32.5. The van der Waals surface area contributed by atoms with Gasteiger partial charge in [-0.25, -0.2) is 0 Å². The molecule has 4 saturated heterocycles. The van der Waals surface area contributed by atoms with Gasteiger partial charge >= 0.3 is 0 Å². The van der Waals surface area contributed by atoms with Gasteiger partial charge in [-0.05, 0) is 23.3 Å². The highest BCUT2D eigenvalue weighted by Crippen LogP contribution is 2.33. The number of benzene rings is 2. The Morgan fingerprint density at radius 1 is 0.619 bits per heavy atom. The number of nitrogens with zero attached hydrogens (tertiary/aromatic N) is 3. The number of aliphatic hydroxyl groups excluding tert-OH is 14. The molecule has 6 aliphatic heterocycles. The highest BCUT2D eigenvalue weighted by molar-refractivity contribution is 6.01. The average molecular weight is 1380 g/mol. The number of amides is 7. The van der Waals surface area contributed by atoms with Crippen molar-refractivity contribution in [3.05, 3.63) is 65.7 Å². The molecule has 0 bridgehead atoms. The van der Waals surface area contributed by atoms with E-state index in [0.717, 1.165) is 4.90 Å². The van der Waals surface area contributed by atoms with Crippen molar-refractivity contribution in [2.24, 2.45) is 21.1 Å². The zero-order valence-electron chi connectivity index (χ0n) is 52.9. The zero-order valence-corrected chi connectivity index (χ0v) is 52.9. The predicted molar refractivity (Wildman–Crippen MR) is 327 cm³/mol. The van der Waals surface area contributed by atoms with Gasteiger partial charge in [0.05, 0.1) is 58.1 Å². The smallest absolute Gasteiger partial charge is 0.246 e. The van der Waals surface area contributed by atoms with Crippen LogP contribution < -0.4 is 53.0 Å². The number of ether oxygens (including phenoxy) is 5. The predicted octanol–water partition coefficient (Wildman–Crippen LogP) is -12.4. The van der Waals surface area contributed by atoms with Gasteiger partial charge in [-0.2, -0.15) is 0 Å². The van der Waals surface area contributed by atoms with Crippen LogP contribution in [0.1, 0.15) is 44.7 Å². The van der Waals surface area contributed by atoms with E-state index in [1.807, 2.05) is 0 Å². The maximum atomic E-state index is 15.3. The second-order valence-electron chi connectivity index (χ2n) is 25.2. The first-order valence-electron chi connectivity index (χ1n) is 31.1. The quantitative estimate of drug-likeness (QED) is 0.0699. The number of guanidine groups is 2. The Labute approximate surface area is 553 Å². The summed E-state index contributed by atoms with van der Waals surface area (Å²) in [6, 6.07) is 0.366. The van der Waals surface area contributed by atoms with E-state index in [4.69, 9.17) is 29.4 Å². The van der Waals surface area contributed by atoms with Crippen molar-refractivity contribution in [2.45, 2.75) is 187 Å². The van der Waals surface area contributed by atoms with Crippen molar-refractivity contribution in [3.8, 4) is 5.75 Å². The molecule has 97 heavy (non-hydrogen) atoms. The van der Waals surface area contributed by atoms with E-state index in [-0.39, 0.29) is 17.3 Å². The van der Waals surface area contributed by atoms with Gasteiger partial charge < -0.3 is 143 Å². The van der Waals surface area contributed by atoms with Crippen LogP contribution in [0.3, 0.4) is 0 Å². The van der Waals surface area contributed by atoms with Crippen LogP contribution in [0.4, 0.5) is 0 Å². The maximum Gasteiger partial charge on any atom is 0.246 e. The largest absolute Gasteiger partial charge is 0.462 e. The van der Waals surface area contributed by atoms with E-state index in [9.17, 15) is 95.5 Å². The summed E-state index contributed by atoms with van der Waals surface area (Å²) < 4.78 is 28.4. The van der Waals surface area contributed by atoms with E-state index in [2.05, 4.69) is 52.5 Å². The fourth-order valence-electron chi connectivity index (χ4n) is 11.5. The molecular weight excluding hydrogens is 1290 g/mol. The molecule has 38 nitrogen and oxygen atoms in total. The number of hydrogen-bond acceptors (Lipinski definition) is 31. The number of aliphatic imine (C=N–C) groups is 2. The van der Waals surface area contributed by atoms with E-state index >= 15 is 9.59 Å². The molecule has 0 aromatic heterocycles. The molecule has 0 aliphatic carbocycles. The first-order chi connectivity index (χ1) is 45.9. The Balaban J connectivity index is 1.14. The van der Waals surface area contributed by atoms with Crippen LogP contribution >= 0.6 is 0 Å². The molecule has 8 rings (SSSR count). The number of nitrogens with two attached hydrogens (primary N) is 1. The van der Waals surface area contributed by atoms with Crippen LogP contribution in [-0.2, 0) is 58.9 Å². The number of carbonyl (C=O) groups is 7. The zero-order chi connectivity index (χ0) is 71.1. The third-order valence-electron chi connectivity index (χ3n) is 17.4. The number of rotatable bonds is 17. The molecule has 0 saturated carbocycles. The fraction of sp³-hybridized carbons (Fsp3) is 0.644. The molecule has 0 radical (unpaired) electrons. The van der Waals surface area contributed by atoms with E-state index in [1.54, 1.807) is 58.0 Å². The summed E-state index contributed by atoms with van der Waals surface area (Å²) in [5.74, 6) is -9.72. The molecule has 7 amide bonds. The van der Waals surface area contributed by atoms with Crippen LogP contribution in [0.15, 0.2) is 64.6 Å². The van der Waals surface area contributed by atoms with Gasteiger partial charge in [0.2, 0.25) is 47.6 Å². The van der Waals surface area contributed by atoms with Crippen LogP contribution in [0.5, 0.6) is 5.75 Å². The van der Waals surface area contributed by atoms with Gasteiger partial charge in [-0.3, -0.25) is 48.9 Å². The molecule has 25 unspecified atom stereocenters. The minimum Gasteiger partial charge on any atom is -0.462 e. The lowest BCUT2D eigenvalue weighted by atomic mass is 9.92. The lowest BCUT2D eigenvalue weighted by Gasteiger charge is -2.46. The number of hydrogen-bond donors (Lipinski definition) is 23. The van der Waals surface area contributed by atoms with Gasteiger partial charge in [0.1, 0.15) is 121 Å². The Hall–Kier alpha value is -7.45. The summed E-state index contributed by atoms with van der Waals surface area (Å²) in [4.78, 5) is 110. The molecule has 24 N–H and O–H groups in total. The standard InChI is InChI=1S/C59H86N12O26/c1-22(24-8-6-5-7-9-24)34-50(89)64-26(14-23-10-12-25(13-11-23)93-54-46(86)43(83)47(32(21-75)96-54)97-55-45(85)42(82)40(80)31(20-74)95-55)49(88)68-35(37(77)27-15-63-58(66-27)70-56(92)59(2,3)4)52(91)69-36(51(90)65-28(18-72)48(87)61-17-33(76)67-34)38(78)29-16-62-57(60)71(29)53-44(84)41(81)39(79)30(19-73)94-53/h5-13,22,26-32,34-47,53-55,72-75,77-86H,14-21H2,1-4H3,(H2,60,62)(H,61,87)(H,64,89)(H,65,90)(H,67,76)(H,68,88)(H,69,91)(H2,63,66,70,92). The monoisotopic (exact) mass is 1380 g/mol. The lowest BCUT2D eigenvalue weighted by Crippen LogP contribution is -2.70. The van der Waals surface area contributed by atoms with Crippen molar-refractivity contribution in [1.29, 1.82) is 0 Å². The molecule has 538 valence electrons. The minimum atomic E-state index is -2.39. The summed E-state index contributed by atoms with van der Waals surface area (Å²) >= 11 is 0. The molecular formula is C59H86N12O26. The Bertz CT molecular complexity index is 3130. The first kappa shape index (κ1) is 75.3. The lowest BCUT2D eigenvalue weighted by molar-refractivity contribution is -0.352. The van der Waals surface area contributed by atoms with Crippen molar-refractivity contribution in [1.82, 2.24) is 47.4 Å². The molecule has 2 aromatic carbocycles. The average Bonchev–Trinajstić information content (AvgIpc) is 1.75. The molecule has 2 aromatic rings. The summed E-state index contributed by atoms with van der Waals surface area (Å²) in [6.45, 7) is 0.619. The third-order valence-corrected chi connectivity index (χ3v) is 17.4. The first-order valence-corrected chi connectivity index (χ1v) is 31.1. The topological polar surface area (TPSA) is 599 Å².